The number of hydrogen-bond donors (Lipinski definition) is 2. The van der Waals surface area contributed by atoms with E-state index in [1.54, 1.807) is 6.07 Å². The Morgan fingerprint density at radius 3 is 3.11 bits per heavy atom. The van der Waals surface area contributed by atoms with Crippen LogP contribution in [0.15, 0.2) is 16.9 Å². The van der Waals surface area contributed by atoms with Gasteiger partial charge in [0.05, 0.1) is 0 Å². The molecule has 1 aliphatic rings. The van der Waals surface area contributed by atoms with Crippen molar-refractivity contribution in [3.63, 3.8) is 0 Å². The van der Waals surface area contributed by atoms with Crippen LogP contribution in [-0.2, 0) is 6.42 Å². The maximum atomic E-state index is 11.3. The lowest BCUT2D eigenvalue weighted by molar-refractivity contribution is 0.333. The normalized spacial score (nSPS) is 18.9. The Morgan fingerprint density at radius 1 is 1.50 bits per heavy atom. The van der Waals surface area contributed by atoms with Gasteiger partial charge in [-0.2, -0.15) is 0 Å². The van der Waals surface area contributed by atoms with E-state index in [1.165, 1.54) is 5.56 Å². The lowest BCUT2D eigenvalue weighted by Crippen LogP contribution is -2.33. The third-order valence-electron chi connectivity index (χ3n) is 3.76. The highest BCUT2D eigenvalue weighted by atomic mass is 16.1. The molecule has 0 aliphatic heterocycles. The maximum absolute atomic E-state index is 11.3. The summed E-state index contributed by atoms with van der Waals surface area (Å²) < 4.78 is 0. The number of aromatic nitrogens is 1. The Balaban J connectivity index is 1.97. The van der Waals surface area contributed by atoms with E-state index in [9.17, 15) is 4.79 Å². The van der Waals surface area contributed by atoms with E-state index in [0.29, 0.717) is 6.04 Å². The zero-order chi connectivity index (χ0) is 13.0. The summed E-state index contributed by atoms with van der Waals surface area (Å²) in [6.45, 7) is 5.30. The van der Waals surface area contributed by atoms with E-state index in [1.807, 2.05) is 6.07 Å². The van der Waals surface area contributed by atoms with Gasteiger partial charge in [-0.05, 0) is 38.4 Å². The topological polar surface area (TPSA) is 48.1 Å². The molecule has 0 aromatic carbocycles. The van der Waals surface area contributed by atoms with Crippen molar-refractivity contribution >= 4 is 0 Å². The van der Waals surface area contributed by atoms with Gasteiger partial charge in [-0.3, -0.25) is 4.79 Å². The van der Waals surface area contributed by atoms with Crippen molar-refractivity contribution in [1.29, 1.82) is 0 Å². The summed E-state index contributed by atoms with van der Waals surface area (Å²) in [4.78, 5) is 16.6. The van der Waals surface area contributed by atoms with Crippen molar-refractivity contribution in [3.8, 4) is 0 Å². The van der Waals surface area contributed by atoms with Gasteiger partial charge in [-0.25, -0.2) is 0 Å². The van der Waals surface area contributed by atoms with Crippen molar-refractivity contribution < 1.29 is 0 Å². The molecule has 0 radical (unpaired) electrons. The second-order valence-electron chi connectivity index (χ2n) is 5.05. The molecule has 4 heteroatoms. The van der Waals surface area contributed by atoms with Crippen LogP contribution < -0.4 is 10.9 Å². The van der Waals surface area contributed by atoms with E-state index in [-0.39, 0.29) is 5.56 Å². The average Bonchev–Trinajstić information content (AvgIpc) is 2.38. The summed E-state index contributed by atoms with van der Waals surface area (Å²) >= 11 is 0. The van der Waals surface area contributed by atoms with E-state index >= 15 is 0 Å². The Bertz CT molecular complexity index is 441. The molecule has 1 aromatic heterocycles. The number of aromatic amines is 1. The zero-order valence-corrected chi connectivity index (χ0v) is 11.3. The molecule has 0 spiro atoms. The second kappa shape index (κ2) is 6.16. The van der Waals surface area contributed by atoms with Crippen LogP contribution in [0.25, 0.3) is 0 Å². The van der Waals surface area contributed by atoms with E-state index in [2.05, 4.69) is 29.2 Å². The fourth-order valence-electron chi connectivity index (χ4n) is 2.50. The third kappa shape index (κ3) is 3.21. The van der Waals surface area contributed by atoms with Crippen molar-refractivity contribution in [3.05, 3.63) is 33.7 Å². The number of nitrogens with zero attached hydrogens (tertiary/aromatic N) is 1. The summed E-state index contributed by atoms with van der Waals surface area (Å²) in [5.74, 6) is 0. The molecule has 0 saturated heterocycles. The van der Waals surface area contributed by atoms with Crippen LogP contribution in [0.1, 0.15) is 37.1 Å². The molecular weight excluding hydrogens is 226 g/mol. The van der Waals surface area contributed by atoms with Gasteiger partial charge in [-0.15, -0.1) is 0 Å². The summed E-state index contributed by atoms with van der Waals surface area (Å²) in [6.07, 6.45) is 3.31. The molecule has 2 N–H and O–H groups in total. The largest absolute Gasteiger partial charge is 0.326 e. The fraction of sp³-hybridized carbons (Fsp3) is 0.643. The van der Waals surface area contributed by atoms with E-state index < -0.39 is 0 Å². The lowest BCUT2D eigenvalue weighted by atomic mass is 9.91. The minimum atomic E-state index is 0.0140. The van der Waals surface area contributed by atoms with Gasteiger partial charge in [0.1, 0.15) is 0 Å². The van der Waals surface area contributed by atoms with Crippen LogP contribution in [-0.4, -0.2) is 36.6 Å². The summed E-state index contributed by atoms with van der Waals surface area (Å²) in [7, 11) is 2.13. The monoisotopic (exact) mass is 249 g/mol. The van der Waals surface area contributed by atoms with Gasteiger partial charge < -0.3 is 15.2 Å². The first-order chi connectivity index (χ1) is 8.70. The standard InChI is InChI=1S/C14H23N3O/c1-3-17(2)10-9-15-12-5-4-6-13-11(12)7-8-14(18)16-13/h7-8,12,15H,3-6,9-10H2,1-2H3,(H,16,18). The molecular formula is C14H23N3O. The summed E-state index contributed by atoms with van der Waals surface area (Å²) in [5.41, 5.74) is 2.41. The molecule has 0 bridgehead atoms. The van der Waals surface area contributed by atoms with Gasteiger partial charge in [0, 0.05) is 30.9 Å². The molecule has 1 aromatic rings. The van der Waals surface area contributed by atoms with Crippen LogP contribution in [0.5, 0.6) is 0 Å². The molecule has 18 heavy (non-hydrogen) atoms. The van der Waals surface area contributed by atoms with E-state index in [4.69, 9.17) is 0 Å². The van der Waals surface area contributed by atoms with Gasteiger partial charge >= 0.3 is 0 Å². The van der Waals surface area contributed by atoms with Crippen molar-refractivity contribution in [1.82, 2.24) is 15.2 Å². The Labute approximate surface area is 108 Å². The minimum absolute atomic E-state index is 0.0140. The highest BCUT2D eigenvalue weighted by molar-refractivity contribution is 5.26. The molecule has 4 nitrogen and oxygen atoms in total. The minimum Gasteiger partial charge on any atom is -0.326 e. The predicted molar refractivity (Wildman–Crippen MR) is 73.9 cm³/mol. The number of rotatable bonds is 5. The maximum Gasteiger partial charge on any atom is 0.248 e. The Morgan fingerprint density at radius 2 is 2.33 bits per heavy atom. The van der Waals surface area contributed by atoms with Crippen LogP contribution in [0, 0.1) is 0 Å². The number of hydrogen-bond acceptors (Lipinski definition) is 3. The molecule has 1 atom stereocenters. The van der Waals surface area contributed by atoms with Crippen LogP contribution in [0.2, 0.25) is 0 Å². The van der Waals surface area contributed by atoms with Crippen molar-refractivity contribution in [2.75, 3.05) is 26.7 Å². The molecule has 0 amide bonds. The number of nitrogens with one attached hydrogen (secondary N) is 2. The van der Waals surface area contributed by atoms with Gasteiger partial charge in [-0.1, -0.05) is 13.0 Å². The average molecular weight is 249 g/mol. The lowest BCUT2D eigenvalue weighted by Gasteiger charge is -2.26. The predicted octanol–water partition coefficient (Wildman–Crippen LogP) is 1.29. The SMILES string of the molecule is CCN(C)CCNC1CCCc2[nH]c(=O)ccc21. The molecule has 1 heterocycles. The van der Waals surface area contributed by atoms with Gasteiger partial charge in [0.15, 0.2) is 0 Å². The van der Waals surface area contributed by atoms with Crippen LogP contribution in [0.3, 0.4) is 0 Å². The van der Waals surface area contributed by atoms with E-state index in [0.717, 1.165) is 44.6 Å². The van der Waals surface area contributed by atoms with Crippen molar-refractivity contribution in [2.45, 2.75) is 32.2 Å². The Kier molecular flexibility index (Phi) is 4.55. The number of pyridine rings is 1. The smallest absolute Gasteiger partial charge is 0.248 e. The highest BCUT2D eigenvalue weighted by Crippen LogP contribution is 2.27. The first-order valence-electron chi connectivity index (χ1n) is 6.84. The number of fused-ring (bicyclic) bond motifs is 1. The molecule has 0 saturated carbocycles. The summed E-state index contributed by atoms with van der Waals surface area (Å²) in [5, 5.41) is 3.60. The highest BCUT2D eigenvalue weighted by Gasteiger charge is 2.19. The van der Waals surface area contributed by atoms with Crippen molar-refractivity contribution in [2.24, 2.45) is 0 Å². The molecule has 1 unspecified atom stereocenters. The van der Waals surface area contributed by atoms with Gasteiger partial charge in [0.25, 0.3) is 0 Å². The first kappa shape index (κ1) is 13.3. The molecule has 2 rings (SSSR count). The molecule has 100 valence electrons. The second-order valence-corrected chi connectivity index (χ2v) is 5.05. The first-order valence-corrected chi connectivity index (χ1v) is 6.84. The van der Waals surface area contributed by atoms with Gasteiger partial charge in [0.2, 0.25) is 5.56 Å². The number of aryl methyl sites for hydroxylation is 1. The third-order valence-corrected chi connectivity index (χ3v) is 3.76. The quantitative estimate of drug-likeness (QED) is 0.827. The number of likely N-dealkylation sites (N-methyl/N-ethyl adjacent to an activating group) is 1. The van der Waals surface area contributed by atoms with Crippen LogP contribution in [0.4, 0.5) is 0 Å². The Hall–Kier alpha value is -1.13. The molecule has 1 aliphatic carbocycles. The zero-order valence-electron chi connectivity index (χ0n) is 11.3. The van der Waals surface area contributed by atoms with Crippen LogP contribution >= 0.6 is 0 Å². The molecule has 0 fully saturated rings. The number of H-pyrrole nitrogens is 1. The fourth-order valence-corrected chi connectivity index (χ4v) is 2.50. The summed E-state index contributed by atoms with van der Waals surface area (Å²) in [6, 6.07) is 4.02.